The molecule has 2 rings (SSSR count). The van der Waals surface area contributed by atoms with Crippen LogP contribution < -0.4 is 5.32 Å². The van der Waals surface area contributed by atoms with Gasteiger partial charge in [-0.05, 0) is 42.8 Å². The highest BCUT2D eigenvalue weighted by Crippen LogP contribution is 2.17. The van der Waals surface area contributed by atoms with Crippen molar-refractivity contribution in [2.45, 2.75) is 6.92 Å². The van der Waals surface area contributed by atoms with Crippen molar-refractivity contribution in [2.75, 3.05) is 5.32 Å². The number of amides is 1. The molecule has 0 saturated carbocycles. The monoisotopic (exact) mass is 254 g/mol. The average molecular weight is 254 g/mol. The number of hydrogen-bond acceptors (Lipinski definition) is 2. The van der Waals surface area contributed by atoms with Crippen LogP contribution in [0, 0.1) is 24.1 Å². The fraction of sp³-hybridized carbons (Fsp3) is 0.0667. The van der Waals surface area contributed by atoms with Crippen LogP contribution >= 0.6 is 0 Å². The molecule has 0 heterocycles. The third-order valence-corrected chi connectivity index (χ3v) is 2.70. The molecule has 4 heteroatoms. The Hall–Kier alpha value is -2.67. The molecule has 0 atom stereocenters. The van der Waals surface area contributed by atoms with E-state index in [0.717, 1.165) is 5.56 Å². The Labute approximate surface area is 110 Å². The van der Waals surface area contributed by atoms with E-state index in [1.807, 2.05) is 13.0 Å². The van der Waals surface area contributed by atoms with Gasteiger partial charge in [0, 0.05) is 11.3 Å². The van der Waals surface area contributed by atoms with Gasteiger partial charge in [-0.1, -0.05) is 12.1 Å². The van der Waals surface area contributed by atoms with E-state index in [0.29, 0.717) is 11.3 Å². The molecular weight excluding hydrogens is 243 g/mol. The Kier molecular flexibility index (Phi) is 3.58. The summed E-state index contributed by atoms with van der Waals surface area (Å²) in [6.07, 6.45) is 0. The van der Waals surface area contributed by atoms with Crippen LogP contribution in [0.1, 0.15) is 21.5 Å². The van der Waals surface area contributed by atoms with Crippen molar-refractivity contribution in [3.05, 3.63) is 65.0 Å². The van der Waals surface area contributed by atoms with Crippen LogP contribution in [0.25, 0.3) is 0 Å². The molecule has 0 fully saturated rings. The Morgan fingerprint density at radius 1 is 1.26 bits per heavy atom. The van der Waals surface area contributed by atoms with Crippen molar-refractivity contribution in [2.24, 2.45) is 0 Å². The molecule has 1 amide bonds. The molecule has 2 aromatic rings. The Morgan fingerprint density at radius 3 is 2.74 bits per heavy atom. The smallest absolute Gasteiger partial charge is 0.255 e. The number of rotatable bonds is 2. The highest BCUT2D eigenvalue weighted by atomic mass is 19.1. The molecule has 0 unspecified atom stereocenters. The fourth-order valence-corrected chi connectivity index (χ4v) is 1.65. The molecule has 94 valence electrons. The van der Waals surface area contributed by atoms with Gasteiger partial charge in [0.25, 0.3) is 5.91 Å². The highest BCUT2D eigenvalue weighted by molar-refractivity contribution is 6.04. The van der Waals surface area contributed by atoms with Crippen molar-refractivity contribution in [1.82, 2.24) is 0 Å². The van der Waals surface area contributed by atoms with Gasteiger partial charge < -0.3 is 5.32 Å². The molecule has 0 bridgehead atoms. The lowest BCUT2D eigenvalue weighted by atomic mass is 10.1. The van der Waals surface area contributed by atoms with Crippen molar-refractivity contribution >= 4 is 11.6 Å². The van der Waals surface area contributed by atoms with E-state index in [1.54, 1.807) is 18.2 Å². The van der Waals surface area contributed by atoms with Gasteiger partial charge in [0.1, 0.15) is 5.82 Å². The van der Waals surface area contributed by atoms with E-state index in [-0.39, 0.29) is 5.56 Å². The van der Waals surface area contributed by atoms with Crippen LogP contribution in [0.4, 0.5) is 10.1 Å². The van der Waals surface area contributed by atoms with Crippen molar-refractivity contribution < 1.29 is 9.18 Å². The zero-order chi connectivity index (χ0) is 13.8. The number of nitrogens with one attached hydrogen (secondary N) is 1. The summed E-state index contributed by atoms with van der Waals surface area (Å²) in [6, 6.07) is 12.5. The van der Waals surface area contributed by atoms with Gasteiger partial charge in [-0.3, -0.25) is 4.79 Å². The zero-order valence-corrected chi connectivity index (χ0v) is 10.3. The second-order valence-electron chi connectivity index (χ2n) is 4.11. The van der Waals surface area contributed by atoms with Gasteiger partial charge in [0.15, 0.2) is 0 Å². The van der Waals surface area contributed by atoms with Crippen LogP contribution in [0.2, 0.25) is 0 Å². The number of nitriles is 1. The summed E-state index contributed by atoms with van der Waals surface area (Å²) in [4.78, 5) is 12.0. The lowest BCUT2D eigenvalue weighted by Gasteiger charge is -2.08. The minimum absolute atomic E-state index is 0.238. The number of halogens is 1. The number of benzene rings is 2. The maximum absolute atomic E-state index is 13.0. The van der Waals surface area contributed by atoms with Crippen LogP contribution in [0.15, 0.2) is 42.5 Å². The topological polar surface area (TPSA) is 52.9 Å². The molecule has 19 heavy (non-hydrogen) atoms. The first-order valence-corrected chi connectivity index (χ1v) is 5.68. The van der Waals surface area contributed by atoms with E-state index in [2.05, 4.69) is 5.32 Å². The van der Waals surface area contributed by atoms with Crippen molar-refractivity contribution in [3.63, 3.8) is 0 Å². The molecule has 0 radical (unpaired) electrons. The molecule has 1 N–H and O–H groups in total. The van der Waals surface area contributed by atoms with E-state index >= 15 is 0 Å². The summed E-state index contributed by atoms with van der Waals surface area (Å²) in [6.45, 7) is 1.82. The predicted octanol–water partition coefficient (Wildman–Crippen LogP) is 3.26. The Balaban J connectivity index is 2.27. The number of hydrogen-bond donors (Lipinski definition) is 1. The lowest BCUT2D eigenvalue weighted by molar-refractivity contribution is 0.102. The van der Waals surface area contributed by atoms with Crippen molar-refractivity contribution in [3.8, 4) is 6.07 Å². The number of nitrogens with zero attached hydrogens (tertiary/aromatic N) is 1. The summed E-state index contributed by atoms with van der Waals surface area (Å²) in [5, 5.41) is 11.5. The molecule has 0 aliphatic rings. The molecule has 0 aliphatic heterocycles. The molecule has 0 saturated heterocycles. The molecule has 3 nitrogen and oxygen atoms in total. The summed E-state index contributed by atoms with van der Waals surface area (Å²) in [7, 11) is 0. The van der Waals surface area contributed by atoms with Crippen LogP contribution in [-0.2, 0) is 0 Å². The van der Waals surface area contributed by atoms with E-state index in [4.69, 9.17) is 5.26 Å². The third-order valence-electron chi connectivity index (χ3n) is 2.70. The van der Waals surface area contributed by atoms with Crippen LogP contribution in [0.5, 0.6) is 0 Å². The third kappa shape index (κ3) is 2.96. The molecular formula is C15H11FN2O. The number of aryl methyl sites for hydroxylation is 1. The minimum Gasteiger partial charge on any atom is -0.322 e. The number of carbonyl (C=O) groups is 1. The standard InChI is InChI=1S/C15H11FN2O/c1-10-5-6-11(9-17)7-14(10)18-15(19)12-3-2-4-13(16)8-12/h2-8H,1H3,(H,18,19). The highest BCUT2D eigenvalue weighted by Gasteiger charge is 2.09. The lowest BCUT2D eigenvalue weighted by Crippen LogP contribution is -2.13. The van der Waals surface area contributed by atoms with Crippen LogP contribution in [-0.4, -0.2) is 5.91 Å². The second kappa shape index (κ2) is 5.32. The summed E-state index contributed by atoms with van der Waals surface area (Å²) < 4.78 is 13.0. The molecule has 0 spiro atoms. The summed E-state index contributed by atoms with van der Waals surface area (Å²) in [5.41, 5.74) is 2.08. The maximum atomic E-state index is 13.0. The normalized spacial score (nSPS) is 9.74. The van der Waals surface area contributed by atoms with Crippen LogP contribution in [0.3, 0.4) is 0 Å². The predicted molar refractivity (Wildman–Crippen MR) is 70.2 cm³/mol. The van der Waals surface area contributed by atoms with Gasteiger partial charge >= 0.3 is 0 Å². The molecule has 0 aromatic heterocycles. The van der Waals surface area contributed by atoms with Gasteiger partial charge in [-0.15, -0.1) is 0 Å². The quantitative estimate of drug-likeness (QED) is 0.894. The first kappa shape index (κ1) is 12.8. The summed E-state index contributed by atoms with van der Waals surface area (Å²) in [5.74, 6) is -0.868. The molecule has 0 aliphatic carbocycles. The van der Waals surface area contributed by atoms with E-state index in [9.17, 15) is 9.18 Å². The first-order valence-electron chi connectivity index (χ1n) is 5.68. The number of carbonyl (C=O) groups excluding carboxylic acids is 1. The fourth-order valence-electron chi connectivity index (χ4n) is 1.65. The Morgan fingerprint density at radius 2 is 2.05 bits per heavy atom. The zero-order valence-electron chi connectivity index (χ0n) is 10.3. The maximum Gasteiger partial charge on any atom is 0.255 e. The van der Waals surface area contributed by atoms with Crippen molar-refractivity contribution in [1.29, 1.82) is 5.26 Å². The van der Waals surface area contributed by atoms with Gasteiger partial charge in [0.05, 0.1) is 11.6 Å². The average Bonchev–Trinajstić information content (AvgIpc) is 2.41. The Bertz CT molecular complexity index is 674. The van der Waals surface area contributed by atoms with Gasteiger partial charge in [0.2, 0.25) is 0 Å². The second-order valence-corrected chi connectivity index (χ2v) is 4.11. The molecule has 2 aromatic carbocycles. The SMILES string of the molecule is Cc1ccc(C#N)cc1NC(=O)c1cccc(F)c1. The number of anilines is 1. The van der Waals surface area contributed by atoms with E-state index < -0.39 is 11.7 Å². The first-order chi connectivity index (χ1) is 9.10. The minimum atomic E-state index is -0.463. The van der Waals surface area contributed by atoms with Gasteiger partial charge in [-0.25, -0.2) is 4.39 Å². The summed E-state index contributed by atoms with van der Waals surface area (Å²) >= 11 is 0. The largest absolute Gasteiger partial charge is 0.322 e. The van der Waals surface area contributed by atoms with Gasteiger partial charge in [-0.2, -0.15) is 5.26 Å². The van der Waals surface area contributed by atoms with E-state index in [1.165, 1.54) is 24.3 Å².